The monoisotopic (exact) mass is 242 g/mol. The molecule has 0 fully saturated rings. The predicted octanol–water partition coefficient (Wildman–Crippen LogP) is 3.42. The summed E-state index contributed by atoms with van der Waals surface area (Å²) in [6, 6.07) is 0. The number of nitrogens with one attached hydrogen (secondary N) is 2. The van der Waals surface area contributed by atoms with Crippen LogP contribution in [0.3, 0.4) is 0 Å². The summed E-state index contributed by atoms with van der Waals surface area (Å²) >= 11 is 0. The third kappa shape index (κ3) is 7.77. The van der Waals surface area contributed by atoms with Crippen molar-refractivity contribution in [1.82, 2.24) is 10.6 Å². The molecule has 0 aliphatic carbocycles. The van der Waals surface area contributed by atoms with Crippen LogP contribution in [0.1, 0.15) is 61.8 Å². The van der Waals surface area contributed by atoms with E-state index < -0.39 is 0 Å². The molecule has 2 N–H and O–H groups in total. The molecule has 0 aromatic heterocycles. The zero-order valence-corrected chi connectivity index (χ0v) is 13.3. The fourth-order valence-corrected chi connectivity index (χ4v) is 2.08. The van der Waals surface area contributed by atoms with Crippen LogP contribution in [0.15, 0.2) is 0 Å². The van der Waals surface area contributed by atoms with Gasteiger partial charge in [0.05, 0.1) is 0 Å². The topological polar surface area (TPSA) is 24.1 Å². The highest BCUT2D eigenvalue weighted by atomic mass is 15.0. The second kappa shape index (κ2) is 6.75. The Morgan fingerprint density at radius 1 is 0.824 bits per heavy atom. The number of hydrogen-bond acceptors (Lipinski definition) is 2. The van der Waals surface area contributed by atoms with Gasteiger partial charge >= 0.3 is 0 Å². The molecule has 2 nitrogen and oxygen atoms in total. The van der Waals surface area contributed by atoms with Crippen LogP contribution in [0, 0.1) is 11.8 Å². The zero-order valence-electron chi connectivity index (χ0n) is 13.3. The molecule has 0 amide bonds. The van der Waals surface area contributed by atoms with Gasteiger partial charge in [0, 0.05) is 24.2 Å². The van der Waals surface area contributed by atoms with Crippen LogP contribution in [-0.2, 0) is 0 Å². The first-order valence-corrected chi connectivity index (χ1v) is 7.07. The minimum atomic E-state index is 0.226. The summed E-state index contributed by atoms with van der Waals surface area (Å²) in [7, 11) is 0. The lowest BCUT2D eigenvalue weighted by Crippen LogP contribution is -2.49. The second-order valence-corrected chi connectivity index (χ2v) is 7.21. The SMILES string of the molecule is CC(C)CC(C)(C)NCCNC(C)(C)C(C)C. The van der Waals surface area contributed by atoms with E-state index in [1.165, 1.54) is 6.42 Å². The molecule has 0 saturated carbocycles. The van der Waals surface area contributed by atoms with E-state index in [0.29, 0.717) is 5.92 Å². The van der Waals surface area contributed by atoms with Crippen molar-refractivity contribution in [2.24, 2.45) is 11.8 Å². The predicted molar refractivity (Wildman–Crippen MR) is 78.5 cm³/mol. The largest absolute Gasteiger partial charge is 0.311 e. The van der Waals surface area contributed by atoms with Crippen LogP contribution < -0.4 is 10.6 Å². The molecule has 0 aliphatic rings. The first-order chi connectivity index (χ1) is 7.57. The van der Waals surface area contributed by atoms with Crippen molar-refractivity contribution in [2.75, 3.05) is 13.1 Å². The van der Waals surface area contributed by atoms with Crippen LogP contribution >= 0.6 is 0 Å². The van der Waals surface area contributed by atoms with Crippen molar-refractivity contribution >= 4 is 0 Å². The lowest BCUT2D eigenvalue weighted by atomic mass is 9.90. The Bertz CT molecular complexity index is 205. The van der Waals surface area contributed by atoms with E-state index in [1.54, 1.807) is 0 Å². The van der Waals surface area contributed by atoms with Gasteiger partial charge in [-0.15, -0.1) is 0 Å². The lowest BCUT2D eigenvalue weighted by molar-refractivity contribution is 0.271. The first-order valence-electron chi connectivity index (χ1n) is 7.07. The molecule has 0 aromatic rings. The van der Waals surface area contributed by atoms with Gasteiger partial charge < -0.3 is 10.6 Å². The van der Waals surface area contributed by atoms with Gasteiger partial charge in [0.25, 0.3) is 0 Å². The third-order valence-corrected chi connectivity index (χ3v) is 3.67. The van der Waals surface area contributed by atoms with E-state index in [0.717, 1.165) is 19.0 Å². The van der Waals surface area contributed by atoms with Gasteiger partial charge in [0.15, 0.2) is 0 Å². The highest BCUT2D eigenvalue weighted by Crippen LogP contribution is 2.16. The van der Waals surface area contributed by atoms with E-state index in [-0.39, 0.29) is 11.1 Å². The smallest absolute Gasteiger partial charge is 0.0148 e. The molecule has 0 aromatic carbocycles. The molecule has 0 saturated heterocycles. The third-order valence-electron chi connectivity index (χ3n) is 3.67. The van der Waals surface area contributed by atoms with Crippen molar-refractivity contribution in [3.63, 3.8) is 0 Å². The minimum absolute atomic E-state index is 0.226. The Morgan fingerprint density at radius 3 is 1.71 bits per heavy atom. The summed E-state index contributed by atoms with van der Waals surface area (Å²) in [5, 5.41) is 7.26. The maximum absolute atomic E-state index is 3.64. The van der Waals surface area contributed by atoms with E-state index in [1.807, 2.05) is 0 Å². The van der Waals surface area contributed by atoms with Crippen molar-refractivity contribution in [3.05, 3.63) is 0 Å². The molecule has 0 spiro atoms. The molecule has 0 heterocycles. The minimum Gasteiger partial charge on any atom is -0.311 e. The fourth-order valence-electron chi connectivity index (χ4n) is 2.08. The standard InChI is InChI=1S/C15H34N2/c1-12(2)11-14(5,6)16-9-10-17-15(7,8)13(3)4/h12-13,16-17H,9-11H2,1-8H3. The molecule has 0 bridgehead atoms. The molecule has 0 aliphatic heterocycles. The van der Waals surface area contributed by atoms with Gasteiger partial charge in [-0.05, 0) is 46.0 Å². The molecular weight excluding hydrogens is 208 g/mol. The summed E-state index contributed by atoms with van der Waals surface area (Å²) in [6.45, 7) is 20.3. The Morgan fingerprint density at radius 2 is 1.29 bits per heavy atom. The molecular formula is C15H34N2. The Labute approximate surface area is 109 Å². The summed E-state index contributed by atoms with van der Waals surface area (Å²) < 4.78 is 0. The molecule has 0 radical (unpaired) electrons. The van der Waals surface area contributed by atoms with Crippen molar-refractivity contribution in [3.8, 4) is 0 Å². The molecule has 104 valence electrons. The maximum Gasteiger partial charge on any atom is 0.0148 e. The average Bonchev–Trinajstić information content (AvgIpc) is 2.10. The maximum atomic E-state index is 3.64. The second-order valence-electron chi connectivity index (χ2n) is 7.21. The fraction of sp³-hybridized carbons (Fsp3) is 1.00. The summed E-state index contributed by atoms with van der Waals surface area (Å²) in [6.07, 6.45) is 1.22. The highest BCUT2D eigenvalue weighted by molar-refractivity contribution is 4.83. The van der Waals surface area contributed by atoms with Gasteiger partial charge in [0.2, 0.25) is 0 Å². The van der Waals surface area contributed by atoms with Gasteiger partial charge in [-0.25, -0.2) is 0 Å². The van der Waals surface area contributed by atoms with Gasteiger partial charge in [-0.1, -0.05) is 27.7 Å². The average molecular weight is 242 g/mol. The summed E-state index contributed by atoms with van der Waals surface area (Å²) in [5.74, 6) is 1.41. The van der Waals surface area contributed by atoms with Gasteiger partial charge in [-0.3, -0.25) is 0 Å². The van der Waals surface area contributed by atoms with Crippen LogP contribution in [0.25, 0.3) is 0 Å². The molecule has 0 rings (SSSR count). The van der Waals surface area contributed by atoms with Crippen LogP contribution in [0.2, 0.25) is 0 Å². The molecule has 0 atom stereocenters. The number of hydrogen-bond donors (Lipinski definition) is 2. The van der Waals surface area contributed by atoms with Crippen LogP contribution in [0.5, 0.6) is 0 Å². The van der Waals surface area contributed by atoms with E-state index in [9.17, 15) is 0 Å². The quantitative estimate of drug-likeness (QED) is 0.637. The van der Waals surface area contributed by atoms with Crippen LogP contribution in [0.4, 0.5) is 0 Å². The van der Waals surface area contributed by atoms with Crippen molar-refractivity contribution < 1.29 is 0 Å². The molecule has 17 heavy (non-hydrogen) atoms. The van der Waals surface area contributed by atoms with Gasteiger partial charge in [-0.2, -0.15) is 0 Å². The zero-order chi connectivity index (χ0) is 13.7. The first kappa shape index (κ1) is 16.9. The number of rotatable bonds is 8. The molecule has 0 unspecified atom stereocenters. The summed E-state index contributed by atoms with van der Waals surface area (Å²) in [5.41, 5.74) is 0.474. The van der Waals surface area contributed by atoms with Crippen molar-refractivity contribution in [1.29, 1.82) is 0 Å². The van der Waals surface area contributed by atoms with Crippen molar-refractivity contribution in [2.45, 2.75) is 72.9 Å². The van der Waals surface area contributed by atoms with E-state index in [4.69, 9.17) is 0 Å². The van der Waals surface area contributed by atoms with E-state index in [2.05, 4.69) is 66.0 Å². The van der Waals surface area contributed by atoms with Gasteiger partial charge in [0.1, 0.15) is 0 Å². The summed E-state index contributed by atoms with van der Waals surface area (Å²) in [4.78, 5) is 0. The Hall–Kier alpha value is -0.0800. The van der Waals surface area contributed by atoms with Crippen LogP contribution in [-0.4, -0.2) is 24.2 Å². The molecule has 2 heteroatoms. The van der Waals surface area contributed by atoms with E-state index >= 15 is 0 Å². The highest BCUT2D eigenvalue weighted by Gasteiger charge is 2.22. The normalized spacial score (nSPS) is 13.8. The Kier molecular flexibility index (Phi) is 6.71. The Balaban J connectivity index is 3.85. The lowest BCUT2D eigenvalue weighted by Gasteiger charge is -2.33.